The zero-order valence-electron chi connectivity index (χ0n) is 15.9. The number of hydrogen-bond acceptors (Lipinski definition) is 3. The van der Waals surface area contributed by atoms with Gasteiger partial charge in [0.1, 0.15) is 5.75 Å². The van der Waals surface area contributed by atoms with Gasteiger partial charge in [0.05, 0.1) is 50.4 Å². The zero-order chi connectivity index (χ0) is 19.9. The van der Waals surface area contributed by atoms with E-state index in [0.717, 1.165) is 29.3 Å². The van der Waals surface area contributed by atoms with E-state index in [-0.39, 0.29) is 11.8 Å². The molecule has 0 aliphatic carbocycles. The van der Waals surface area contributed by atoms with E-state index < -0.39 is 0 Å². The Kier molecular flexibility index (Phi) is 6.90. The van der Waals surface area contributed by atoms with E-state index in [1.54, 1.807) is 19.2 Å². The number of rotatable bonds is 6. The number of nitrogens with one attached hydrogen (secondary N) is 2. The molecule has 6 nitrogen and oxygen atoms in total. The first-order chi connectivity index (χ1) is 13.5. The van der Waals surface area contributed by atoms with Crippen LogP contribution in [0.15, 0.2) is 48.5 Å². The Hall–Kier alpha value is -2.57. The maximum atomic E-state index is 12.5. The fourth-order valence-electron chi connectivity index (χ4n) is 3.26. The topological polar surface area (TPSA) is 63.1 Å². The summed E-state index contributed by atoms with van der Waals surface area (Å²) in [5.41, 5.74) is 1.60. The first-order valence-electron chi connectivity index (χ1n) is 9.34. The van der Waals surface area contributed by atoms with Crippen LogP contribution in [-0.2, 0) is 16.0 Å². The Bertz CT molecular complexity index is 818. The van der Waals surface area contributed by atoms with E-state index in [2.05, 4.69) is 5.32 Å². The number of carbonyl (C=O) groups excluding carboxylic acids is 2. The number of ether oxygens (including phenoxy) is 1. The van der Waals surface area contributed by atoms with Crippen LogP contribution in [0.1, 0.15) is 5.56 Å². The lowest BCUT2D eigenvalue weighted by Gasteiger charge is -2.32. The highest BCUT2D eigenvalue weighted by molar-refractivity contribution is 6.33. The average Bonchev–Trinajstić information content (AvgIpc) is 2.71. The predicted molar refractivity (Wildman–Crippen MR) is 109 cm³/mol. The first kappa shape index (κ1) is 20.2. The molecule has 1 aliphatic rings. The molecule has 3 rings (SSSR count). The normalized spacial score (nSPS) is 14.6. The second-order valence-electron chi connectivity index (χ2n) is 6.86. The molecule has 0 radical (unpaired) electrons. The summed E-state index contributed by atoms with van der Waals surface area (Å²) in [5, 5.41) is 3.38. The standard InChI is InChI=1S/C21H24ClN3O3/c1-28-17-8-6-16(7-9-17)14-21(27)25-12-10-24(11-13-25)15-20(26)23-19-5-3-2-4-18(19)22/h2-9H,10-15H2,1H3,(H,23,26)/p+1. The molecule has 7 heteroatoms. The molecule has 1 fully saturated rings. The van der Waals surface area contributed by atoms with Crippen molar-refractivity contribution >= 4 is 29.1 Å². The van der Waals surface area contributed by atoms with Crippen molar-refractivity contribution in [3.63, 3.8) is 0 Å². The number of benzene rings is 2. The second kappa shape index (κ2) is 9.57. The van der Waals surface area contributed by atoms with Crippen molar-refractivity contribution in [1.29, 1.82) is 0 Å². The number of carbonyl (C=O) groups is 2. The van der Waals surface area contributed by atoms with Gasteiger partial charge in [0.15, 0.2) is 6.54 Å². The Labute approximate surface area is 170 Å². The molecule has 0 spiro atoms. The van der Waals surface area contributed by atoms with Gasteiger partial charge < -0.3 is 19.9 Å². The SMILES string of the molecule is COc1ccc(CC(=O)N2CC[NH+](CC(=O)Nc3ccccc3Cl)CC2)cc1. The lowest BCUT2D eigenvalue weighted by Crippen LogP contribution is -3.15. The van der Waals surface area contributed by atoms with E-state index in [1.165, 1.54) is 0 Å². The van der Waals surface area contributed by atoms with Crippen LogP contribution >= 0.6 is 11.6 Å². The molecule has 1 aliphatic heterocycles. The van der Waals surface area contributed by atoms with Gasteiger partial charge in [-0.25, -0.2) is 0 Å². The minimum absolute atomic E-state index is 0.0684. The number of nitrogens with zero attached hydrogens (tertiary/aromatic N) is 1. The van der Waals surface area contributed by atoms with Crippen LogP contribution < -0.4 is 15.0 Å². The van der Waals surface area contributed by atoms with Gasteiger partial charge >= 0.3 is 0 Å². The number of methoxy groups -OCH3 is 1. The molecule has 0 bridgehead atoms. The number of quaternary nitrogens is 1. The van der Waals surface area contributed by atoms with E-state index in [9.17, 15) is 9.59 Å². The summed E-state index contributed by atoms with van der Waals surface area (Å²) in [5.74, 6) is 0.828. The summed E-state index contributed by atoms with van der Waals surface area (Å²) < 4.78 is 5.14. The number of anilines is 1. The molecule has 2 aromatic carbocycles. The molecule has 28 heavy (non-hydrogen) atoms. The maximum Gasteiger partial charge on any atom is 0.279 e. The second-order valence-corrected chi connectivity index (χ2v) is 7.27. The van der Waals surface area contributed by atoms with Crippen molar-refractivity contribution in [2.75, 3.05) is 45.2 Å². The Morgan fingerprint density at radius 3 is 2.43 bits per heavy atom. The summed E-state index contributed by atoms with van der Waals surface area (Å²) in [6.45, 7) is 3.19. The molecule has 148 valence electrons. The van der Waals surface area contributed by atoms with Crippen molar-refractivity contribution < 1.29 is 19.2 Å². The fraction of sp³-hybridized carbons (Fsp3) is 0.333. The highest BCUT2D eigenvalue weighted by Gasteiger charge is 2.25. The van der Waals surface area contributed by atoms with Crippen LogP contribution in [0.2, 0.25) is 5.02 Å². The molecule has 2 aromatic rings. The molecule has 1 saturated heterocycles. The Balaban J connectivity index is 1.44. The quantitative estimate of drug-likeness (QED) is 0.764. The molecule has 2 N–H and O–H groups in total. The largest absolute Gasteiger partial charge is 0.497 e. The van der Waals surface area contributed by atoms with E-state index in [0.29, 0.717) is 36.8 Å². The van der Waals surface area contributed by atoms with Gasteiger partial charge in [0.25, 0.3) is 5.91 Å². The number of para-hydroxylation sites is 1. The lowest BCUT2D eigenvalue weighted by molar-refractivity contribution is -0.895. The van der Waals surface area contributed by atoms with Crippen molar-refractivity contribution in [2.45, 2.75) is 6.42 Å². The number of hydrogen-bond donors (Lipinski definition) is 2. The fourth-order valence-corrected chi connectivity index (χ4v) is 3.45. The van der Waals surface area contributed by atoms with Crippen LogP contribution in [0.3, 0.4) is 0 Å². The van der Waals surface area contributed by atoms with Crippen molar-refractivity contribution in [3.05, 3.63) is 59.1 Å². The third-order valence-electron chi connectivity index (χ3n) is 4.90. The predicted octanol–water partition coefficient (Wildman–Crippen LogP) is 1.26. The number of piperazine rings is 1. The van der Waals surface area contributed by atoms with Crippen molar-refractivity contribution in [2.24, 2.45) is 0 Å². The smallest absolute Gasteiger partial charge is 0.279 e. The van der Waals surface area contributed by atoms with E-state index >= 15 is 0 Å². The molecular weight excluding hydrogens is 378 g/mol. The summed E-state index contributed by atoms with van der Waals surface area (Å²) in [6, 6.07) is 14.7. The van der Waals surface area contributed by atoms with Crippen molar-refractivity contribution in [1.82, 2.24) is 4.90 Å². The molecule has 0 unspecified atom stereocenters. The summed E-state index contributed by atoms with van der Waals surface area (Å²) >= 11 is 6.08. The van der Waals surface area contributed by atoms with Crippen LogP contribution in [0.4, 0.5) is 5.69 Å². The van der Waals surface area contributed by atoms with Gasteiger partial charge in [-0.2, -0.15) is 0 Å². The molecule has 1 heterocycles. The highest BCUT2D eigenvalue weighted by atomic mass is 35.5. The Morgan fingerprint density at radius 2 is 1.79 bits per heavy atom. The molecule has 0 atom stereocenters. The van der Waals surface area contributed by atoms with Gasteiger partial charge in [0, 0.05) is 0 Å². The number of amides is 2. The van der Waals surface area contributed by atoms with Crippen LogP contribution in [-0.4, -0.2) is 56.5 Å². The summed E-state index contributed by atoms with van der Waals surface area (Å²) in [4.78, 5) is 27.8. The van der Waals surface area contributed by atoms with Gasteiger partial charge in [0.2, 0.25) is 5.91 Å². The van der Waals surface area contributed by atoms with Crippen molar-refractivity contribution in [3.8, 4) is 5.75 Å². The summed E-state index contributed by atoms with van der Waals surface area (Å²) in [6.07, 6.45) is 0.381. The minimum Gasteiger partial charge on any atom is -0.497 e. The third kappa shape index (κ3) is 5.47. The van der Waals surface area contributed by atoms with E-state index in [1.807, 2.05) is 41.3 Å². The molecular formula is C21H25ClN3O3+. The van der Waals surface area contributed by atoms with E-state index in [4.69, 9.17) is 16.3 Å². The zero-order valence-corrected chi connectivity index (χ0v) is 16.7. The Morgan fingerprint density at radius 1 is 1.11 bits per heavy atom. The first-order valence-corrected chi connectivity index (χ1v) is 9.71. The van der Waals surface area contributed by atoms with Gasteiger partial charge in [-0.05, 0) is 29.8 Å². The molecule has 2 amide bonds. The molecule has 0 saturated carbocycles. The van der Waals surface area contributed by atoms with Crippen LogP contribution in [0.5, 0.6) is 5.75 Å². The monoisotopic (exact) mass is 402 g/mol. The van der Waals surface area contributed by atoms with Crippen LogP contribution in [0.25, 0.3) is 0 Å². The lowest BCUT2D eigenvalue weighted by atomic mass is 10.1. The maximum absolute atomic E-state index is 12.5. The molecule has 0 aromatic heterocycles. The van der Waals surface area contributed by atoms with Gasteiger partial charge in [-0.3, -0.25) is 9.59 Å². The summed E-state index contributed by atoms with van der Waals surface area (Å²) in [7, 11) is 1.62. The highest BCUT2D eigenvalue weighted by Crippen LogP contribution is 2.20. The minimum atomic E-state index is -0.0684. The third-order valence-corrected chi connectivity index (χ3v) is 5.23. The van der Waals surface area contributed by atoms with Gasteiger partial charge in [-0.15, -0.1) is 0 Å². The average molecular weight is 403 g/mol. The van der Waals surface area contributed by atoms with Gasteiger partial charge in [-0.1, -0.05) is 35.9 Å². The van der Waals surface area contributed by atoms with Crippen LogP contribution in [0, 0.1) is 0 Å². The number of halogens is 1.